The number of para-hydroxylation sites is 1. The van der Waals surface area contributed by atoms with E-state index < -0.39 is 10.0 Å². The van der Waals surface area contributed by atoms with Crippen molar-refractivity contribution in [2.45, 2.75) is 12.8 Å². The number of nitrogens with zero attached hydrogens (tertiary/aromatic N) is 1. The van der Waals surface area contributed by atoms with E-state index in [1.807, 2.05) is 31.2 Å². The number of anilines is 1. The van der Waals surface area contributed by atoms with Crippen molar-refractivity contribution in [1.82, 2.24) is 0 Å². The normalized spacial score (nSPS) is 17.9. The van der Waals surface area contributed by atoms with E-state index in [0.717, 1.165) is 16.8 Å². The molecule has 114 valence electrons. The lowest BCUT2D eigenvalue weighted by Gasteiger charge is -2.17. The molecule has 0 N–H and O–H groups in total. The first-order valence-electron chi connectivity index (χ1n) is 7.03. The van der Waals surface area contributed by atoms with Crippen LogP contribution in [0.25, 0.3) is 6.08 Å². The topological polar surface area (TPSA) is 37.4 Å². The summed E-state index contributed by atoms with van der Waals surface area (Å²) in [6.45, 7) is 2.52. The highest BCUT2D eigenvalue weighted by Gasteiger charge is 2.31. The van der Waals surface area contributed by atoms with Crippen molar-refractivity contribution in [2.24, 2.45) is 0 Å². The van der Waals surface area contributed by atoms with Gasteiger partial charge in [0.1, 0.15) is 0 Å². The van der Waals surface area contributed by atoms with E-state index in [0.29, 0.717) is 11.6 Å². The van der Waals surface area contributed by atoms with Gasteiger partial charge in [-0.1, -0.05) is 48.9 Å². The fourth-order valence-electron chi connectivity index (χ4n) is 2.63. The van der Waals surface area contributed by atoms with Gasteiger partial charge in [-0.05, 0) is 35.4 Å². The van der Waals surface area contributed by atoms with E-state index in [-0.39, 0.29) is 5.92 Å². The fraction of sp³-hybridized carbons (Fsp3) is 0.176. The van der Waals surface area contributed by atoms with Gasteiger partial charge in [0, 0.05) is 17.5 Å². The number of benzene rings is 2. The summed E-state index contributed by atoms with van der Waals surface area (Å²) < 4.78 is 26.7. The molecular formula is C17H16ClNO2S. The summed E-state index contributed by atoms with van der Waals surface area (Å²) in [5, 5.41) is 1.88. The van der Waals surface area contributed by atoms with Crippen molar-refractivity contribution in [3.05, 3.63) is 70.1 Å². The maximum Gasteiger partial charge on any atom is 0.257 e. The molecule has 3 rings (SSSR count). The second-order valence-electron chi connectivity index (χ2n) is 5.39. The molecule has 0 radical (unpaired) electrons. The number of hydrogen-bond donors (Lipinski definition) is 0. The third-order valence-electron chi connectivity index (χ3n) is 3.79. The van der Waals surface area contributed by atoms with Crippen LogP contribution >= 0.6 is 11.6 Å². The Kier molecular flexibility index (Phi) is 3.98. The predicted molar refractivity (Wildman–Crippen MR) is 91.6 cm³/mol. The summed E-state index contributed by atoms with van der Waals surface area (Å²) in [6.07, 6.45) is 1.59. The van der Waals surface area contributed by atoms with Crippen molar-refractivity contribution >= 4 is 33.4 Å². The van der Waals surface area contributed by atoms with Gasteiger partial charge in [0.15, 0.2) is 0 Å². The van der Waals surface area contributed by atoms with Crippen molar-refractivity contribution in [3.8, 4) is 0 Å². The van der Waals surface area contributed by atoms with Crippen LogP contribution < -0.4 is 4.31 Å². The zero-order valence-corrected chi connectivity index (χ0v) is 13.7. The van der Waals surface area contributed by atoms with E-state index >= 15 is 0 Å². The Bertz CT molecular complexity index is 813. The SMILES string of the molecule is CC1CN(S(=O)(=O)C=Cc2ccc(Cl)cc2)c2ccccc21. The third kappa shape index (κ3) is 2.89. The van der Waals surface area contributed by atoms with Gasteiger partial charge >= 0.3 is 0 Å². The van der Waals surface area contributed by atoms with E-state index in [2.05, 4.69) is 0 Å². The molecular weight excluding hydrogens is 318 g/mol. The molecule has 1 atom stereocenters. The maximum atomic E-state index is 12.6. The van der Waals surface area contributed by atoms with Crippen LogP contribution in [0, 0.1) is 0 Å². The van der Waals surface area contributed by atoms with Gasteiger partial charge < -0.3 is 0 Å². The highest BCUT2D eigenvalue weighted by atomic mass is 35.5. The zero-order chi connectivity index (χ0) is 15.7. The Morgan fingerprint density at radius 1 is 1.14 bits per heavy atom. The van der Waals surface area contributed by atoms with Crippen molar-refractivity contribution in [1.29, 1.82) is 0 Å². The van der Waals surface area contributed by atoms with Crippen LogP contribution in [-0.2, 0) is 10.0 Å². The molecule has 0 aliphatic carbocycles. The Labute approximate surface area is 135 Å². The molecule has 1 heterocycles. The van der Waals surface area contributed by atoms with Crippen LogP contribution in [0.3, 0.4) is 0 Å². The highest BCUT2D eigenvalue weighted by Crippen LogP contribution is 2.37. The number of halogens is 1. The summed E-state index contributed by atoms with van der Waals surface area (Å²) in [6, 6.07) is 14.7. The third-order valence-corrected chi connectivity index (χ3v) is 5.48. The summed E-state index contributed by atoms with van der Waals surface area (Å²) in [5.74, 6) is 0.204. The monoisotopic (exact) mass is 333 g/mol. The van der Waals surface area contributed by atoms with Crippen LogP contribution in [0.15, 0.2) is 53.9 Å². The Balaban J connectivity index is 1.90. The summed E-state index contributed by atoms with van der Waals surface area (Å²) in [4.78, 5) is 0. The van der Waals surface area contributed by atoms with Gasteiger partial charge in [-0.15, -0.1) is 0 Å². The van der Waals surface area contributed by atoms with Gasteiger partial charge in [0.05, 0.1) is 11.1 Å². The Hall–Kier alpha value is -1.78. The molecule has 0 amide bonds. The lowest BCUT2D eigenvalue weighted by atomic mass is 10.0. The van der Waals surface area contributed by atoms with Gasteiger partial charge in [-0.2, -0.15) is 0 Å². The quantitative estimate of drug-likeness (QED) is 0.841. The first kappa shape index (κ1) is 15.1. The van der Waals surface area contributed by atoms with E-state index in [9.17, 15) is 8.42 Å². The molecule has 1 aliphatic heterocycles. The fourth-order valence-corrected chi connectivity index (χ4v) is 4.10. The molecule has 0 aromatic heterocycles. The van der Waals surface area contributed by atoms with Crippen molar-refractivity contribution in [2.75, 3.05) is 10.8 Å². The van der Waals surface area contributed by atoms with Gasteiger partial charge in [-0.25, -0.2) is 8.42 Å². The molecule has 1 aliphatic rings. The average Bonchev–Trinajstić information content (AvgIpc) is 2.85. The number of sulfonamides is 1. The van der Waals surface area contributed by atoms with E-state index in [1.54, 1.807) is 30.3 Å². The van der Waals surface area contributed by atoms with Crippen LogP contribution in [0.4, 0.5) is 5.69 Å². The van der Waals surface area contributed by atoms with Crippen molar-refractivity contribution in [3.63, 3.8) is 0 Å². The summed E-state index contributed by atoms with van der Waals surface area (Å²) in [7, 11) is -3.49. The van der Waals surface area contributed by atoms with E-state index in [4.69, 9.17) is 11.6 Å². The maximum absolute atomic E-state index is 12.6. The van der Waals surface area contributed by atoms with E-state index in [1.165, 1.54) is 9.71 Å². The van der Waals surface area contributed by atoms with Crippen LogP contribution in [0.1, 0.15) is 24.0 Å². The smallest absolute Gasteiger partial charge is 0.257 e. The summed E-state index contributed by atoms with van der Waals surface area (Å²) in [5.41, 5.74) is 2.65. The molecule has 0 fully saturated rings. The summed E-state index contributed by atoms with van der Waals surface area (Å²) >= 11 is 5.83. The Morgan fingerprint density at radius 2 is 1.82 bits per heavy atom. The molecule has 0 bridgehead atoms. The first-order valence-corrected chi connectivity index (χ1v) is 8.91. The number of rotatable bonds is 3. The highest BCUT2D eigenvalue weighted by molar-refractivity contribution is 7.95. The largest absolute Gasteiger partial charge is 0.266 e. The van der Waals surface area contributed by atoms with Gasteiger partial charge in [0.2, 0.25) is 0 Å². The molecule has 5 heteroatoms. The molecule has 0 spiro atoms. The lowest BCUT2D eigenvalue weighted by molar-refractivity contribution is 0.599. The predicted octanol–water partition coefficient (Wildman–Crippen LogP) is 4.26. The lowest BCUT2D eigenvalue weighted by Crippen LogP contribution is -2.27. The molecule has 0 saturated heterocycles. The van der Waals surface area contributed by atoms with Crippen LogP contribution in [0.5, 0.6) is 0 Å². The first-order chi connectivity index (χ1) is 10.5. The molecule has 0 saturated carbocycles. The minimum atomic E-state index is -3.49. The van der Waals surface area contributed by atoms with Gasteiger partial charge in [0.25, 0.3) is 10.0 Å². The van der Waals surface area contributed by atoms with Crippen molar-refractivity contribution < 1.29 is 8.42 Å². The molecule has 2 aromatic carbocycles. The zero-order valence-electron chi connectivity index (χ0n) is 12.1. The van der Waals surface area contributed by atoms with Crippen LogP contribution in [0.2, 0.25) is 5.02 Å². The minimum absolute atomic E-state index is 0.204. The average molecular weight is 334 g/mol. The second kappa shape index (κ2) is 5.78. The number of hydrogen-bond acceptors (Lipinski definition) is 2. The number of fused-ring (bicyclic) bond motifs is 1. The molecule has 3 nitrogen and oxygen atoms in total. The standard InChI is InChI=1S/C17H16ClNO2S/c1-13-12-19(17-5-3-2-4-16(13)17)22(20,21)11-10-14-6-8-15(18)9-7-14/h2-11,13H,12H2,1H3. The molecule has 1 unspecified atom stereocenters. The van der Waals surface area contributed by atoms with Crippen LogP contribution in [-0.4, -0.2) is 15.0 Å². The minimum Gasteiger partial charge on any atom is -0.266 e. The molecule has 22 heavy (non-hydrogen) atoms. The second-order valence-corrected chi connectivity index (χ2v) is 7.57. The van der Waals surface area contributed by atoms with Gasteiger partial charge in [-0.3, -0.25) is 4.31 Å². The Morgan fingerprint density at radius 3 is 2.55 bits per heavy atom. The molecule has 2 aromatic rings.